The molecule has 0 aromatic rings. The molecule has 0 aliphatic carbocycles. The molecular weight excluding hydrogens is 212 g/mol. The molecule has 0 saturated heterocycles. The average molecular weight is 228 g/mol. The fraction of sp³-hybridized carbons (Fsp3) is 0.700. The van der Waals surface area contributed by atoms with Crippen molar-refractivity contribution in [2.24, 2.45) is 5.16 Å². The third-order valence-electron chi connectivity index (χ3n) is 2.23. The third kappa shape index (κ3) is 4.29. The minimum atomic E-state index is -0.811. The lowest BCUT2D eigenvalue weighted by molar-refractivity contribution is -0.137. The normalized spacial score (nSPS) is 18.8. The number of aliphatic carboxylic acids is 1. The zero-order valence-electron chi connectivity index (χ0n) is 9.23. The van der Waals surface area contributed by atoms with Gasteiger partial charge in [0.25, 0.3) is 5.91 Å². The van der Waals surface area contributed by atoms with E-state index in [1.807, 2.05) is 0 Å². The monoisotopic (exact) mass is 228 g/mol. The second-order valence-corrected chi connectivity index (χ2v) is 3.77. The molecule has 0 aromatic carbocycles. The van der Waals surface area contributed by atoms with Gasteiger partial charge in [-0.15, -0.1) is 0 Å². The van der Waals surface area contributed by atoms with Crippen LogP contribution in [0.2, 0.25) is 0 Å². The molecule has 6 nitrogen and oxygen atoms in total. The molecule has 0 spiro atoms. The van der Waals surface area contributed by atoms with Gasteiger partial charge in [-0.3, -0.25) is 9.59 Å². The van der Waals surface area contributed by atoms with Crippen molar-refractivity contribution in [3.63, 3.8) is 0 Å². The standard InChI is InChI=1S/C10H16N2O4/c1-7-6-8(16-12-7)10(15)11-5-3-2-4-9(13)14/h8H,2-6H2,1H3,(H,11,15)(H,13,14). The molecule has 90 valence electrons. The summed E-state index contributed by atoms with van der Waals surface area (Å²) in [6.07, 6.45) is 1.37. The largest absolute Gasteiger partial charge is 0.481 e. The molecule has 1 aliphatic rings. The van der Waals surface area contributed by atoms with Crippen LogP contribution in [-0.4, -0.2) is 35.3 Å². The summed E-state index contributed by atoms with van der Waals surface area (Å²) in [4.78, 5) is 26.6. The first kappa shape index (κ1) is 12.5. The molecule has 1 atom stereocenters. The number of rotatable bonds is 6. The van der Waals surface area contributed by atoms with Crippen molar-refractivity contribution < 1.29 is 19.5 Å². The molecule has 2 N–H and O–H groups in total. The summed E-state index contributed by atoms with van der Waals surface area (Å²) < 4.78 is 0. The number of oxime groups is 1. The van der Waals surface area contributed by atoms with Gasteiger partial charge in [0, 0.05) is 19.4 Å². The van der Waals surface area contributed by atoms with Crippen molar-refractivity contribution >= 4 is 17.6 Å². The maximum Gasteiger partial charge on any atom is 0.303 e. The average Bonchev–Trinajstić information content (AvgIpc) is 2.63. The lowest BCUT2D eigenvalue weighted by atomic mass is 10.2. The van der Waals surface area contributed by atoms with Crippen LogP contribution in [0.4, 0.5) is 0 Å². The van der Waals surface area contributed by atoms with Crippen LogP contribution in [0.25, 0.3) is 0 Å². The Morgan fingerprint density at radius 3 is 2.88 bits per heavy atom. The van der Waals surface area contributed by atoms with Crippen molar-refractivity contribution in [1.29, 1.82) is 0 Å². The number of unbranched alkanes of at least 4 members (excludes halogenated alkanes) is 1. The minimum Gasteiger partial charge on any atom is -0.481 e. The van der Waals surface area contributed by atoms with Crippen LogP contribution in [0.3, 0.4) is 0 Å². The van der Waals surface area contributed by atoms with Crippen LogP contribution in [-0.2, 0) is 14.4 Å². The Bertz CT molecular complexity index is 301. The highest BCUT2D eigenvalue weighted by Crippen LogP contribution is 2.09. The van der Waals surface area contributed by atoms with Gasteiger partial charge in [-0.2, -0.15) is 0 Å². The Balaban J connectivity index is 2.05. The van der Waals surface area contributed by atoms with Gasteiger partial charge < -0.3 is 15.3 Å². The van der Waals surface area contributed by atoms with E-state index in [-0.39, 0.29) is 12.3 Å². The SMILES string of the molecule is CC1=NOC(C(=O)NCCCCC(=O)O)C1. The molecule has 16 heavy (non-hydrogen) atoms. The summed E-state index contributed by atoms with van der Waals surface area (Å²) in [7, 11) is 0. The summed E-state index contributed by atoms with van der Waals surface area (Å²) in [6, 6.07) is 0. The van der Waals surface area contributed by atoms with E-state index in [0.717, 1.165) is 5.71 Å². The Labute approximate surface area is 93.6 Å². The highest BCUT2D eigenvalue weighted by Gasteiger charge is 2.25. The number of carboxylic acid groups (broad SMARTS) is 1. The predicted octanol–water partition coefficient (Wildman–Crippen LogP) is 0.522. The van der Waals surface area contributed by atoms with E-state index < -0.39 is 12.1 Å². The fourth-order valence-corrected chi connectivity index (χ4v) is 1.36. The molecule has 1 heterocycles. The second-order valence-electron chi connectivity index (χ2n) is 3.77. The lowest BCUT2D eigenvalue weighted by Gasteiger charge is -2.08. The number of amides is 1. The van der Waals surface area contributed by atoms with Gasteiger partial charge in [0.1, 0.15) is 0 Å². The van der Waals surface area contributed by atoms with Crippen LogP contribution in [0.5, 0.6) is 0 Å². The van der Waals surface area contributed by atoms with Gasteiger partial charge >= 0.3 is 5.97 Å². The summed E-state index contributed by atoms with van der Waals surface area (Å²) in [5.74, 6) is -0.995. The molecule has 1 unspecified atom stereocenters. The summed E-state index contributed by atoms with van der Waals surface area (Å²) in [6.45, 7) is 2.28. The van der Waals surface area contributed by atoms with Gasteiger partial charge in [0.05, 0.1) is 5.71 Å². The Morgan fingerprint density at radius 2 is 2.31 bits per heavy atom. The zero-order valence-corrected chi connectivity index (χ0v) is 9.23. The summed E-state index contributed by atoms with van der Waals surface area (Å²) in [5.41, 5.74) is 0.811. The number of nitrogens with one attached hydrogen (secondary N) is 1. The van der Waals surface area contributed by atoms with Crippen LogP contribution < -0.4 is 5.32 Å². The van der Waals surface area contributed by atoms with E-state index in [9.17, 15) is 9.59 Å². The van der Waals surface area contributed by atoms with Crippen molar-refractivity contribution in [3.05, 3.63) is 0 Å². The van der Waals surface area contributed by atoms with E-state index in [2.05, 4.69) is 10.5 Å². The molecule has 0 aromatic heterocycles. The van der Waals surface area contributed by atoms with Crippen LogP contribution in [0, 0.1) is 0 Å². The summed E-state index contributed by atoms with van der Waals surface area (Å²) in [5, 5.41) is 14.8. The van der Waals surface area contributed by atoms with Crippen molar-refractivity contribution in [1.82, 2.24) is 5.32 Å². The zero-order chi connectivity index (χ0) is 12.0. The van der Waals surface area contributed by atoms with Crippen LogP contribution in [0.15, 0.2) is 5.16 Å². The van der Waals surface area contributed by atoms with Crippen molar-refractivity contribution in [3.8, 4) is 0 Å². The molecule has 0 fully saturated rings. The number of carboxylic acids is 1. The van der Waals surface area contributed by atoms with E-state index >= 15 is 0 Å². The van der Waals surface area contributed by atoms with Crippen LogP contribution in [0.1, 0.15) is 32.6 Å². The van der Waals surface area contributed by atoms with E-state index in [1.54, 1.807) is 6.92 Å². The van der Waals surface area contributed by atoms with E-state index in [0.29, 0.717) is 25.8 Å². The maximum atomic E-state index is 11.5. The van der Waals surface area contributed by atoms with Gasteiger partial charge in [-0.05, 0) is 19.8 Å². The van der Waals surface area contributed by atoms with Gasteiger partial charge in [-0.1, -0.05) is 5.16 Å². The quantitative estimate of drug-likeness (QED) is 0.649. The molecule has 0 radical (unpaired) electrons. The van der Waals surface area contributed by atoms with Gasteiger partial charge in [0.15, 0.2) is 0 Å². The number of hydrogen-bond donors (Lipinski definition) is 2. The number of carbonyl (C=O) groups excluding carboxylic acids is 1. The van der Waals surface area contributed by atoms with Crippen molar-refractivity contribution in [2.75, 3.05) is 6.54 Å². The molecule has 0 bridgehead atoms. The first-order valence-corrected chi connectivity index (χ1v) is 5.28. The lowest BCUT2D eigenvalue weighted by Crippen LogP contribution is -2.35. The number of hydrogen-bond acceptors (Lipinski definition) is 4. The van der Waals surface area contributed by atoms with E-state index in [1.165, 1.54) is 0 Å². The molecule has 1 rings (SSSR count). The molecular formula is C10H16N2O4. The Morgan fingerprint density at radius 1 is 1.56 bits per heavy atom. The smallest absolute Gasteiger partial charge is 0.303 e. The highest BCUT2D eigenvalue weighted by atomic mass is 16.6. The van der Waals surface area contributed by atoms with Gasteiger partial charge in [-0.25, -0.2) is 0 Å². The molecule has 1 amide bonds. The van der Waals surface area contributed by atoms with E-state index in [4.69, 9.17) is 9.94 Å². The minimum absolute atomic E-state index is 0.137. The van der Waals surface area contributed by atoms with Crippen molar-refractivity contribution in [2.45, 2.75) is 38.7 Å². The molecule has 0 saturated carbocycles. The van der Waals surface area contributed by atoms with Gasteiger partial charge in [0.2, 0.25) is 6.10 Å². The fourth-order valence-electron chi connectivity index (χ4n) is 1.36. The third-order valence-corrected chi connectivity index (χ3v) is 2.23. The topological polar surface area (TPSA) is 88.0 Å². The van der Waals surface area contributed by atoms with Crippen LogP contribution >= 0.6 is 0 Å². The number of nitrogens with zero attached hydrogens (tertiary/aromatic N) is 1. The maximum absolute atomic E-state index is 11.5. The Hall–Kier alpha value is -1.59. The first-order valence-electron chi connectivity index (χ1n) is 5.28. The predicted molar refractivity (Wildman–Crippen MR) is 57.1 cm³/mol. The molecule has 6 heteroatoms. The highest BCUT2D eigenvalue weighted by molar-refractivity contribution is 5.91. The molecule has 1 aliphatic heterocycles. The first-order chi connectivity index (χ1) is 7.59. The number of carbonyl (C=O) groups is 2. The summed E-state index contributed by atoms with van der Waals surface area (Å²) >= 11 is 0. The second kappa shape index (κ2) is 6.09. The Kier molecular flexibility index (Phi) is 4.75.